The molecule has 0 N–H and O–H groups in total. The van der Waals surface area contributed by atoms with Gasteiger partial charge >= 0.3 is 0 Å². The van der Waals surface area contributed by atoms with Crippen LogP contribution in [0.5, 0.6) is 0 Å². The van der Waals surface area contributed by atoms with Gasteiger partial charge in [-0.1, -0.05) is 97.1 Å². The van der Waals surface area contributed by atoms with Crippen LogP contribution in [0.3, 0.4) is 0 Å². The highest BCUT2D eigenvalue weighted by atomic mass is 15.1. The van der Waals surface area contributed by atoms with Gasteiger partial charge in [-0.2, -0.15) is 0 Å². The Hall–Kier alpha value is -4.30. The van der Waals surface area contributed by atoms with E-state index in [1.165, 1.54) is 33.9 Å². The maximum absolute atomic E-state index is 2.37. The minimum absolute atomic E-state index is 0.804. The lowest BCUT2D eigenvalue weighted by Crippen LogP contribution is -2.18. The van der Waals surface area contributed by atoms with Crippen LogP contribution in [-0.4, -0.2) is 0 Å². The van der Waals surface area contributed by atoms with E-state index in [1.807, 2.05) is 0 Å². The summed E-state index contributed by atoms with van der Waals surface area (Å²) in [6.07, 6.45) is 0. The minimum Gasteiger partial charge on any atom is -0.337 e. The Bertz CT molecular complexity index is 1230. The van der Waals surface area contributed by atoms with Crippen LogP contribution in [0.4, 0.5) is 22.7 Å². The van der Waals surface area contributed by atoms with Crippen LogP contribution in [0.15, 0.2) is 146 Å². The topological polar surface area (TPSA) is 6.48 Å². The molecule has 2 nitrogen and oxygen atoms in total. The van der Waals surface area contributed by atoms with Crippen LogP contribution in [0.2, 0.25) is 0 Å². The maximum atomic E-state index is 2.37. The summed E-state index contributed by atoms with van der Waals surface area (Å²) in [4.78, 5) is 4.72. The van der Waals surface area contributed by atoms with E-state index in [-0.39, 0.29) is 0 Å². The molecule has 166 valence electrons. The second-order valence-corrected chi connectivity index (χ2v) is 8.33. The molecular weight excluding hydrogens is 412 g/mol. The molecule has 0 radical (unpaired) electrons. The normalized spacial score (nSPS) is 10.6. The van der Waals surface area contributed by atoms with E-state index in [9.17, 15) is 0 Å². The van der Waals surface area contributed by atoms with Crippen LogP contribution >= 0.6 is 0 Å². The van der Waals surface area contributed by atoms with E-state index in [4.69, 9.17) is 0 Å². The quantitative estimate of drug-likeness (QED) is 0.239. The molecule has 0 bridgehead atoms. The fourth-order valence-corrected chi connectivity index (χ4v) is 4.22. The molecule has 0 aromatic heterocycles. The number of anilines is 4. The van der Waals surface area contributed by atoms with E-state index in [2.05, 4.69) is 155 Å². The van der Waals surface area contributed by atoms with Crippen molar-refractivity contribution in [3.63, 3.8) is 0 Å². The van der Waals surface area contributed by atoms with Gasteiger partial charge in [-0.15, -0.1) is 0 Å². The molecule has 2 heteroatoms. The fraction of sp³-hybridized carbons (Fsp3) is 0.0625. The lowest BCUT2D eigenvalue weighted by atomic mass is 10.1. The predicted octanol–water partition coefficient (Wildman–Crippen LogP) is 8.36. The second-order valence-electron chi connectivity index (χ2n) is 8.33. The summed E-state index contributed by atoms with van der Waals surface area (Å²) in [6, 6.07) is 51.3. The van der Waals surface area contributed by atoms with Crippen LogP contribution < -0.4 is 9.80 Å². The smallest absolute Gasteiger partial charge is 0.0481 e. The van der Waals surface area contributed by atoms with E-state index in [0.717, 1.165) is 13.1 Å². The van der Waals surface area contributed by atoms with Crippen molar-refractivity contribution in [2.45, 2.75) is 13.1 Å². The standard InChI is InChI=1S/C32H28N2/c1-5-13-27(14-6-1)25-34(31-19-11-4-12-20-31)32-23-21-28(22-24-32)26-33(29-15-7-2-8-16-29)30-17-9-3-10-18-30/h1-24H,25-26H2. The molecule has 0 unspecified atom stereocenters. The van der Waals surface area contributed by atoms with Gasteiger partial charge in [0.05, 0.1) is 0 Å². The van der Waals surface area contributed by atoms with Gasteiger partial charge in [-0.25, -0.2) is 0 Å². The Morgan fingerprint density at radius 2 is 0.588 bits per heavy atom. The van der Waals surface area contributed by atoms with Crippen molar-refractivity contribution in [1.82, 2.24) is 0 Å². The Labute approximate surface area is 202 Å². The summed E-state index contributed by atoms with van der Waals surface area (Å²) in [5, 5.41) is 0. The molecule has 0 amide bonds. The largest absolute Gasteiger partial charge is 0.337 e. The van der Waals surface area contributed by atoms with Gasteiger partial charge in [0.1, 0.15) is 0 Å². The highest BCUT2D eigenvalue weighted by Gasteiger charge is 2.13. The molecule has 5 aromatic rings. The van der Waals surface area contributed by atoms with Gasteiger partial charge in [0.15, 0.2) is 0 Å². The van der Waals surface area contributed by atoms with E-state index >= 15 is 0 Å². The predicted molar refractivity (Wildman–Crippen MR) is 144 cm³/mol. The van der Waals surface area contributed by atoms with Crippen LogP contribution in [0.1, 0.15) is 11.1 Å². The van der Waals surface area contributed by atoms with Crippen LogP contribution in [-0.2, 0) is 13.1 Å². The molecule has 0 spiro atoms. The molecule has 5 aromatic carbocycles. The first-order valence-corrected chi connectivity index (χ1v) is 11.7. The maximum Gasteiger partial charge on any atom is 0.0481 e. The summed E-state index contributed by atoms with van der Waals surface area (Å²) >= 11 is 0. The zero-order valence-corrected chi connectivity index (χ0v) is 19.2. The van der Waals surface area contributed by atoms with Gasteiger partial charge in [-0.05, 0) is 59.7 Å². The van der Waals surface area contributed by atoms with Crippen molar-refractivity contribution < 1.29 is 0 Å². The zero-order valence-electron chi connectivity index (χ0n) is 19.2. The van der Waals surface area contributed by atoms with Crippen molar-refractivity contribution in [3.8, 4) is 0 Å². The molecule has 0 saturated heterocycles. The average Bonchev–Trinajstić information content (AvgIpc) is 2.93. The molecule has 0 fully saturated rings. The first-order valence-electron chi connectivity index (χ1n) is 11.7. The van der Waals surface area contributed by atoms with Crippen molar-refractivity contribution in [2.24, 2.45) is 0 Å². The van der Waals surface area contributed by atoms with Gasteiger partial charge < -0.3 is 9.80 Å². The molecule has 0 saturated carbocycles. The SMILES string of the molecule is c1ccc(CN(c2ccccc2)c2ccc(CN(c3ccccc3)c3ccccc3)cc2)cc1. The lowest BCUT2D eigenvalue weighted by molar-refractivity contribution is 0.960. The highest BCUT2D eigenvalue weighted by molar-refractivity contribution is 5.65. The van der Waals surface area contributed by atoms with Crippen molar-refractivity contribution in [3.05, 3.63) is 157 Å². The molecule has 0 aliphatic carbocycles. The first kappa shape index (κ1) is 21.5. The fourth-order valence-electron chi connectivity index (χ4n) is 4.22. The number of hydrogen-bond acceptors (Lipinski definition) is 2. The summed E-state index contributed by atoms with van der Waals surface area (Å²) < 4.78 is 0. The Morgan fingerprint density at radius 1 is 0.294 bits per heavy atom. The number of rotatable bonds is 8. The lowest BCUT2D eigenvalue weighted by Gasteiger charge is -2.27. The van der Waals surface area contributed by atoms with Gasteiger partial charge in [0.25, 0.3) is 0 Å². The molecule has 0 atom stereocenters. The molecule has 5 rings (SSSR count). The number of para-hydroxylation sites is 3. The summed E-state index contributed by atoms with van der Waals surface area (Å²) in [5.74, 6) is 0. The van der Waals surface area contributed by atoms with Gasteiger partial charge in [-0.3, -0.25) is 0 Å². The molecule has 34 heavy (non-hydrogen) atoms. The third-order valence-corrected chi connectivity index (χ3v) is 5.98. The summed E-state index contributed by atoms with van der Waals surface area (Å²) in [5.41, 5.74) is 7.30. The van der Waals surface area contributed by atoms with Crippen molar-refractivity contribution >= 4 is 22.7 Å². The third-order valence-electron chi connectivity index (χ3n) is 5.98. The average molecular weight is 441 g/mol. The summed E-state index contributed by atoms with van der Waals surface area (Å²) in [7, 11) is 0. The van der Waals surface area contributed by atoms with Gasteiger partial charge in [0, 0.05) is 35.8 Å². The number of hydrogen-bond donors (Lipinski definition) is 0. The second kappa shape index (κ2) is 10.5. The number of nitrogens with zero attached hydrogens (tertiary/aromatic N) is 2. The zero-order chi connectivity index (χ0) is 23.0. The monoisotopic (exact) mass is 440 g/mol. The first-order chi connectivity index (χ1) is 16.9. The van der Waals surface area contributed by atoms with E-state index < -0.39 is 0 Å². The molecule has 0 aliphatic heterocycles. The van der Waals surface area contributed by atoms with E-state index in [0.29, 0.717) is 0 Å². The van der Waals surface area contributed by atoms with Crippen LogP contribution in [0.25, 0.3) is 0 Å². The molecule has 0 aliphatic rings. The van der Waals surface area contributed by atoms with Crippen LogP contribution in [0, 0.1) is 0 Å². The van der Waals surface area contributed by atoms with E-state index in [1.54, 1.807) is 0 Å². The number of benzene rings is 5. The molecular formula is C32H28N2. The Kier molecular flexibility index (Phi) is 6.68. The Balaban J connectivity index is 1.43. The van der Waals surface area contributed by atoms with Gasteiger partial charge in [0.2, 0.25) is 0 Å². The van der Waals surface area contributed by atoms with Crippen molar-refractivity contribution in [1.29, 1.82) is 0 Å². The summed E-state index contributed by atoms with van der Waals surface area (Å²) in [6.45, 7) is 1.63. The van der Waals surface area contributed by atoms with Crippen molar-refractivity contribution in [2.75, 3.05) is 9.80 Å². The highest BCUT2D eigenvalue weighted by Crippen LogP contribution is 2.30. The Morgan fingerprint density at radius 3 is 0.971 bits per heavy atom. The minimum atomic E-state index is 0.804. The molecule has 0 heterocycles. The third kappa shape index (κ3) is 5.19.